The van der Waals surface area contributed by atoms with E-state index in [4.69, 9.17) is 14.5 Å². The lowest BCUT2D eigenvalue weighted by molar-refractivity contribution is 0.146. The summed E-state index contributed by atoms with van der Waals surface area (Å²) in [4.78, 5) is 9.35. The number of thiazole rings is 1. The quantitative estimate of drug-likeness (QED) is 0.477. The van der Waals surface area contributed by atoms with Crippen molar-refractivity contribution in [1.82, 2.24) is 14.4 Å². The molecule has 0 saturated heterocycles. The molecule has 1 aromatic carbocycles. The predicted molar refractivity (Wildman–Crippen MR) is 108 cm³/mol. The van der Waals surface area contributed by atoms with E-state index in [2.05, 4.69) is 14.7 Å². The molecule has 0 spiro atoms. The Morgan fingerprint density at radius 3 is 2.74 bits per heavy atom. The molecule has 27 heavy (non-hydrogen) atoms. The summed E-state index contributed by atoms with van der Waals surface area (Å²) in [6.07, 6.45) is 2.01. The van der Waals surface area contributed by atoms with Crippen LogP contribution >= 0.6 is 11.3 Å². The Kier molecular flexibility index (Phi) is 5.04. The molecule has 0 aliphatic rings. The first kappa shape index (κ1) is 17.5. The topological polar surface area (TPSA) is 60.7 Å². The van der Waals surface area contributed by atoms with Gasteiger partial charge in [-0.25, -0.2) is 9.97 Å². The Balaban J connectivity index is 1.50. The molecule has 0 aliphatic carbocycles. The maximum Gasteiger partial charge on any atom is 0.187 e. The lowest BCUT2D eigenvalue weighted by atomic mass is 10.3. The molecule has 0 bridgehead atoms. The molecule has 0 aliphatic heterocycles. The molecule has 4 rings (SSSR count). The van der Waals surface area contributed by atoms with Gasteiger partial charge < -0.3 is 14.8 Å². The standard InChI is InChI=1S/C20H20N4O2S/c1-14-19(24-10-4-3-5-18(24)21-14)17-13-27-20(23-17)22-15-6-8-16(9-7-15)26-12-11-25-2/h3-10,13H,11-12H2,1-2H3,(H,22,23). The van der Waals surface area contributed by atoms with Crippen LogP contribution in [0.15, 0.2) is 54.0 Å². The van der Waals surface area contributed by atoms with Crippen LogP contribution in [0, 0.1) is 6.92 Å². The molecule has 0 atom stereocenters. The van der Waals surface area contributed by atoms with Crippen LogP contribution in [-0.4, -0.2) is 34.7 Å². The number of hydrogen-bond donors (Lipinski definition) is 1. The summed E-state index contributed by atoms with van der Waals surface area (Å²) in [5.74, 6) is 0.818. The number of aryl methyl sites for hydroxylation is 1. The van der Waals surface area contributed by atoms with Crippen LogP contribution in [0.4, 0.5) is 10.8 Å². The van der Waals surface area contributed by atoms with Gasteiger partial charge in [-0.1, -0.05) is 6.07 Å². The molecule has 6 nitrogen and oxygen atoms in total. The van der Waals surface area contributed by atoms with Crippen LogP contribution < -0.4 is 10.1 Å². The summed E-state index contributed by atoms with van der Waals surface area (Å²) in [6, 6.07) is 13.8. The van der Waals surface area contributed by atoms with Crippen molar-refractivity contribution in [3.63, 3.8) is 0 Å². The van der Waals surface area contributed by atoms with Gasteiger partial charge >= 0.3 is 0 Å². The lowest BCUT2D eigenvalue weighted by Gasteiger charge is -2.07. The van der Waals surface area contributed by atoms with Gasteiger partial charge in [0.2, 0.25) is 0 Å². The van der Waals surface area contributed by atoms with E-state index in [0.717, 1.165) is 39.3 Å². The first-order valence-electron chi connectivity index (χ1n) is 8.63. The number of hydrogen-bond acceptors (Lipinski definition) is 6. The van der Waals surface area contributed by atoms with Crippen molar-refractivity contribution in [2.24, 2.45) is 0 Å². The minimum Gasteiger partial charge on any atom is -0.491 e. The molecule has 0 unspecified atom stereocenters. The van der Waals surface area contributed by atoms with E-state index < -0.39 is 0 Å². The second kappa shape index (κ2) is 7.77. The van der Waals surface area contributed by atoms with Gasteiger partial charge in [-0.2, -0.15) is 0 Å². The summed E-state index contributed by atoms with van der Waals surface area (Å²) >= 11 is 1.57. The fourth-order valence-electron chi connectivity index (χ4n) is 2.86. The zero-order valence-electron chi connectivity index (χ0n) is 15.2. The number of anilines is 2. The van der Waals surface area contributed by atoms with Crippen molar-refractivity contribution in [2.75, 3.05) is 25.6 Å². The Bertz CT molecular complexity index is 1040. The minimum atomic E-state index is 0.539. The summed E-state index contributed by atoms with van der Waals surface area (Å²) in [5, 5.41) is 6.23. The zero-order chi connectivity index (χ0) is 18.6. The summed E-state index contributed by atoms with van der Waals surface area (Å²) in [6.45, 7) is 3.12. The van der Waals surface area contributed by atoms with Crippen molar-refractivity contribution in [3.05, 3.63) is 59.7 Å². The largest absolute Gasteiger partial charge is 0.491 e. The number of fused-ring (bicyclic) bond motifs is 1. The van der Waals surface area contributed by atoms with Crippen molar-refractivity contribution in [2.45, 2.75) is 6.92 Å². The number of nitrogens with one attached hydrogen (secondary N) is 1. The number of nitrogens with zero attached hydrogens (tertiary/aromatic N) is 3. The lowest BCUT2D eigenvalue weighted by Crippen LogP contribution is -2.04. The number of ether oxygens (including phenoxy) is 2. The number of rotatable bonds is 7. The van der Waals surface area contributed by atoms with E-state index >= 15 is 0 Å². The third-order valence-electron chi connectivity index (χ3n) is 4.11. The third-order valence-corrected chi connectivity index (χ3v) is 4.87. The Morgan fingerprint density at radius 1 is 1.07 bits per heavy atom. The molecule has 0 radical (unpaired) electrons. The monoisotopic (exact) mass is 380 g/mol. The first-order chi connectivity index (χ1) is 13.2. The molecule has 3 heterocycles. The van der Waals surface area contributed by atoms with Crippen LogP contribution in [-0.2, 0) is 4.74 Å². The van der Waals surface area contributed by atoms with Crippen LogP contribution in [0.5, 0.6) is 5.75 Å². The number of methoxy groups -OCH3 is 1. The minimum absolute atomic E-state index is 0.539. The van der Waals surface area contributed by atoms with Gasteiger partial charge in [0.05, 0.1) is 18.0 Å². The van der Waals surface area contributed by atoms with E-state index in [1.54, 1.807) is 18.4 Å². The van der Waals surface area contributed by atoms with E-state index in [-0.39, 0.29) is 0 Å². The molecule has 4 aromatic rings. The van der Waals surface area contributed by atoms with Gasteiger partial charge in [0.1, 0.15) is 23.7 Å². The fraction of sp³-hybridized carbons (Fsp3) is 0.200. The maximum absolute atomic E-state index is 5.58. The highest BCUT2D eigenvalue weighted by Gasteiger charge is 2.14. The van der Waals surface area contributed by atoms with Crippen molar-refractivity contribution < 1.29 is 9.47 Å². The molecule has 0 fully saturated rings. The normalized spacial score (nSPS) is 11.0. The molecule has 0 saturated carbocycles. The average molecular weight is 380 g/mol. The molecular weight excluding hydrogens is 360 g/mol. The van der Waals surface area contributed by atoms with Gasteiger partial charge in [-0.15, -0.1) is 11.3 Å². The number of imidazole rings is 1. The highest BCUT2D eigenvalue weighted by molar-refractivity contribution is 7.14. The third kappa shape index (κ3) is 3.79. The SMILES string of the molecule is COCCOc1ccc(Nc2nc(-c3c(C)nc4ccccn34)cs2)cc1. The summed E-state index contributed by atoms with van der Waals surface area (Å²) < 4.78 is 12.6. The van der Waals surface area contributed by atoms with Crippen LogP contribution in [0.1, 0.15) is 5.69 Å². The van der Waals surface area contributed by atoms with E-state index in [1.807, 2.05) is 61.0 Å². The highest BCUT2D eigenvalue weighted by atomic mass is 32.1. The molecule has 3 aromatic heterocycles. The number of benzene rings is 1. The Labute approximate surface area is 161 Å². The van der Waals surface area contributed by atoms with E-state index in [1.165, 1.54) is 0 Å². The maximum atomic E-state index is 5.58. The number of aromatic nitrogens is 3. The van der Waals surface area contributed by atoms with Crippen molar-refractivity contribution >= 4 is 27.8 Å². The summed E-state index contributed by atoms with van der Waals surface area (Å²) in [7, 11) is 1.66. The van der Waals surface area contributed by atoms with Gasteiger partial charge in [-0.3, -0.25) is 4.40 Å². The zero-order valence-corrected chi connectivity index (χ0v) is 16.0. The van der Waals surface area contributed by atoms with Crippen LogP contribution in [0.25, 0.3) is 17.0 Å². The number of pyridine rings is 1. The van der Waals surface area contributed by atoms with Crippen molar-refractivity contribution in [1.29, 1.82) is 0 Å². The predicted octanol–water partition coefficient (Wildman–Crippen LogP) is 4.54. The Hall–Kier alpha value is -2.90. The van der Waals surface area contributed by atoms with Gasteiger partial charge in [0.15, 0.2) is 5.13 Å². The van der Waals surface area contributed by atoms with Gasteiger partial charge in [-0.05, 0) is 43.3 Å². The Morgan fingerprint density at radius 2 is 1.93 bits per heavy atom. The van der Waals surface area contributed by atoms with Crippen molar-refractivity contribution in [3.8, 4) is 17.1 Å². The van der Waals surface area contributed by atoms with E-state index in [9.17, 15) is 0 Å². The van der Waals surface area contributed by atoms with Gasteiger partial charge in [0.25, 0.3) is 0 Å². The highest BCUT2D eigenvalue weighted by Crippen LogP contribution is 2.30. The average Bonchev–Trinajstić information content (AvgIpc) is 3.26. The second-order valence-corrected chi connectivity index (χ2v) is 6.86. The second-order valence-electron chi connectivity index (χ2n) is 6.00. The summed E-state index contributed by atoms with van der Waals surface area (Å²) in [5.41, 5.74) is 4.80. The first-order valence-corrected chi connectivity index (χ1v) is 9.51. The smallest absolute Gasteiger partial charge is 0.187 e. The molecular formula is C20H20N4O2S. The fourth-order valence-corrected chi connectivity index (χ4v) is 3.58. The molecule has 0 amide bonds. The molecule has 7 heteroatoms. The van der Waals surface area contributed by atoms with E-state index in [0.29, 0.717) is 13.2 Å². The van der Waals surface area contributed by atoms with Gasteiger partial charge in [0, 0.05) is 24.4 Å². The van der Waals surface area contributed by atoms with Crippen LogP contribution in [0.3, 0.4) is 0 Å². The van der Waals surface area contributed by atoms with Crippen LogP contribution in [0.2, 0.25) is 0 Å². The molecule has 138 valence electrons. The molecule has 1 N–H and O–H groups in total.